The lowest BCUT2D eigenvalue weighted by Gasteiger charge is -2.51. The fourth-order valence-corrected chi connectivity index (χ4v) is 7.06. The number of rotatable bonds is 6. The quantitative estimate of drug-likeness (QED) is 0.477. The molecule has 0 radical (unpaired) electrons. The van der Waals surface area contributed by atoms with Crippen LogP contribution in [-0.2, 0) is 0 Å². The zero-order valence-corrected chi connectivity index (χ0v) is 20.6. The topological polar surface area (TPSA) is 60.7 Å². The molecule has 3 aliphatic rings. The van der Waals surface area contributed by atoms with Crippen LogP contribution in [0.25, 0.3) is 0 Å². The van der Waals surface area contributed by atoms with E-state index in [-0.39, 0.29) is 5.41 Å². The molecule has 3 heteroatoms. The van der Waals surface area contributed by atoms with Crippen LogP contribution in [0, 0.1) is 22.7 Å². The summed E-state index contributed by atoms with van der Waals surface area (Å²) >= 11 is 0. The molecule has 3 rings (SSSR count). The molecule has 0 aromatic carbocycles. The van der Waals surface area contributed by atoms with Gasteiger partial charge in [0.25, 0.3) is 0 Å². The maximum atomic E-state index is 10.2. The Balaban J connectivity index is 1.77. The number of aliphatic hydroxyl groups excluding tert-OH is 2. The van der Waals surface area contributed by atoms with Gasteiger partial charge in [-0.05, 0) is 92.6 Å². The van der Waals surface area contributed by atoms with Crippen LogP contribution >= 0.6 is 0 Å². The van der Waals surface area contributed by atoms with Gasteiger partial charge in [0.1, 0.15) is 0 Å². The van der Waals surface area contributed by atoms with Crippen LogP contribution in [0.5, 0.6) is 0 Å². The minimum Gasteiger partial charge on any atom is -0.393 e. The van der Waals surface area contributed by atoms with Crippen LogP contribution in [-0.4, -0.2) is 33.1 Å². The number of aliphatic hydroxyl groups is 3. The number of hydrogen-bond donors (Lipinski definition) is 3. The first-order valence-corrected chi connectivity index (χ1v) is 12.6. The zero-order chi connectivity index (χ0) is 23.0. The Morgan fingerprint density at radius 1 is 1.19 bits per heavy atom. The van der Waals surface area contributed by atoms with Gasteiger partial charge in [0.2, 0.25) is 0 Å². The zero-order valence-electron chi connectivity index (χ0n) is 20.6. The van der Waals surface area contributed by atoms with Crippen molar-refractivity contribution >= 4 is 0 Å². The molecule has 0 aromatic rings. The van der Waals surface area contributed by atoms with Gasteiger partial charge < -0.3 is 15.3 Å². The lowest BCUT2D eigenvalue weighted by atomic mass is 9.53. The number of allylic oxidation sites excluding steroid dienone is 3. The highest BCUT2D eigenvalue weighted by atomic mass is 16.3. The van der Waals surface area contributed by atoms with Crippen molar-refractivity contribution in [2.45, 2.75) is 117 Å². The first-order chi connectivity index (χ1) is 14.4. The van der Waals surface area contributed by atoms with E-state index >= 15 is 0 Å². The molecule has 176 valence electrons. The van der Waals surface area contributed by atoms with Crippen molar-refractivity contribution in [1.82, 2.24) is 0 Å². The van der Waals surface area contributed by atoms with Gasteiger partial charge in [-0.15, -0.1) is 0 Å². The van der Waals surface area contributed by atoms with Crippen LogP contribution in [0.1, 0.15) is 98.8 Å². The fourth-order valence-electron chi connectivity index (χ4n) is 7.06. The van der Waals surface area contributed by atoms with Crippen LogP contribution in [0.15, 0.2) is 35.5 Å². The summed E-state index contributed by atoms with van der Waals surface area (Å²) in [4.78, 5) is 0. The summed E-state index contributed by atoms with van der Waals surface area (Å²) in [7, 11) is 0. The highest BCUT2D eigenvalue weighted by molar-refractivity contribution is 5.39. The van der Waals surface area contributed by atoms with E-state index in [1.54, 1.807) is 5.57 Å². The molecule has 0 heterocycles. The highest BCUT2D eigenvalue weighted by Crippen LogP contribution is 2.67. The van der Waals surface area contributed by atoms with E-state index in [4.69, 9.17) is 0 Å². The van der Waals surface area contributed by atoms with Gasteiger partial charge in [-0.1, -0.05) is 57.9 Å². The van der Waals surface area contributed by atoms with E-state index in [1.807, 2.05) is 13.8 Å². The summed E-state index contributed by atoms with van der Waals surface area (Å²) in [5.41, 5.74) is 3.28. The molecule has 3 nitrogen and oxygen atoms in total. The minimum atomic E-state index is -0.624. The Morgan fingerprint density at radius 3 is 2.58 bits per heavy atom. The van der Waals surface area contributed by atoms with Crippen molar-refractivity contribution < 1.29 is 15.3 Å². The van der Waals surface area contributed by atoms with Gasteiger partial charge in [-0.2, -0.15) is 0 Å². The van der Waals surface area contributed by atoms with Crippen molar-refractivity contribution in [2.75, 3.05) is 0 Å². The predicted octanol–water partition coefficient (Wildman–Crippen LogP) is 6.09. The van der Waals surface area contributed by atoms with E-state index in [9.17, 15) is 15.3 Å². The second-order valence-electron chi connectivity index (χ2n) is 11.9. The summed E-state index contributed by atoms with van der Waals surface area (Å²) in [6.45, 7) is 15.4. The number of fused-ring (bicyclic) bond motifs is 1. The van der Waals surface area contributed by atoms with Crippen molar-refractivity contribution in [3.63, 3.8) is 0 Å². The Morgan fingerprint density at radius 2 is 1.90 bits per heavy atom. The third-order valence-electron chi connectivity index (χ3n) is 9.27. The smallest absolute Gasteiger partial charge is 0.0811 e. The van der Waals surface area contributed by atoms with Gasteiger partial charge in [0, 0.05) is 6.42 Å². The van der Waals surface area contributed by atoms with Gasteiger partial charge in [0.05, 0.1) is 17.8 Å². The molecule has 0 aliphatic heterocycles. The second kappa shape index (κ2) is 9.15. The lowest BCUT2D eigenvalue weighted by molar-refractivity contribution is 0.0299. The Labute approximate surface area is 190 Å². The van der Waals surface area contributed by atoms with Crippen molar-refractivity contribution in [3.05, 3.63) is 35.5 Å². The molecular formula is C28H46O3. The third kappa shape index (κ3) is 5.04. The standard InChI is InChI=1S/C28H46O3/c1-19(9-7-14-26(3,4)31)24-13-16-27(5)22(10-8-15-28(24,27)6)12-11-21-17-23(29)18-25(30)20(21)2/h11-12,19,23-25,29-31H,2,7-10,13-18H2,1,3-6H3. The normalized spacial score (nSPS) is 40.4. The van der Waals surface area contributed by atoms with E-state index in [0.29, 0.717) is 24.2 Å². The Hall–Kier alpha value is -0.900. The van der Waals surface area contributed by atoms with E-state index in [0.717, 1.165) is 36.3 Å². The monoisotopic (exact) mass is 430 g/mol. The molecule has 31 heavy (non-hydrogen) atoms. The van der Waals surface area contributed by atoms with Crippen LogP contribution in [0.3, 0.4) is 0 Å². The lowest BCUT2D eigenvalue weighted by Crippen LogP contribution is -2.43. The maximum Gasteiger partial charge on any atom is 0.0811 e. The van der Waals surface area contributed by atoms with Crippen molar-refractivity contribution in [1.29, 1.82) is 0 Å². The molecular weight excluding hydrogens is 384 g/mol. The second-order valence-corrected chi connectivity index (χ2v) is 11.9. The molecule has 3 aliphatic carbocycles. The molecule has 0 aromatic heterocycles. The largest absolute Gasteiger partial charge is 0.393 e. The van der Waals surface area contributed by atoms with Gasteiger partial charge in [0.15, 0.2) is 0 Å². The average Bonchev–Trinajstić information content (AvgIpc) is 2.94. The molecule has 0 bridgehead atoms. The molecule has 6 atom stereocenters. The van der Waals surface area contributed by atoms with Crippen molar-refractivity contribution in [3.8, 4) is 0 Å². The molecule has 3 saturated carbocycles. The summed E-state index contributed by atoms with van der Waals surface area (Å²) in [5.74, 6) is 1.40. The molecule has 6 unspecified atom stereocenters. The summed E-state index contributed by atoms with van der Waals surface area (Å²) in [6, 6.07) is 0. The predicted molar refractivity (Wildman–Crippen MR) is 129 cm³/mol. The van der Waals surface area contributed by atoms with Gasteiger partial charge in [-0.25, -0.2) is 0 Å². The highest BCUT2D eigenvalue weighted by Gasteiger charge is 2.57. The molecule has 0 spiro atoms. The van der Waals surface area contributed by atoms with Gasteiger partial charge >= 0.3 is 0 Å². The van der Waals surface area contributed by atoms with Crippen LogP contribution < -0.4 is 0 Å². The molecule has 3 N–H and O–H groups in total. The van der Waals surface area contributed by atoms with Crippen LogP contribution in [0.2, 0.25) is 0 Å². The first-order valence-electron chi connectivity index (χ1n) is 12.6. The van der Waals surface area contributed by atoms with E-state index in [2.05, 4.69) is 39.5 Å². The first kappa shape index (κ1) is 24.7. The third-order valence-corrected chi connectivity index (χ3v) is 9.27. The minimum absolute atomic E-state index is 0.213. The maximum absolute atomic E-state index is 10.2. The molecule has 0 amide bonds. The summed E-state index contributed by atoms with van der Waals surface area (Å²) in [6.07, 6.45) is 13.7. The molecule has 3 fully saturated rings. The fraction of sp³-hybridized carbons (Fsp3) is 0.786. The van der Waals surface area contributed by atoms with Gasteiger partial charge in [-0.3, -0.25) is 0 Å². The van der Waals surface area contributed by atoms with Crippen molar-refractivity contribution in [2.24, 2.45) is 22.7 Å². The summed E-state index contributed by atoms with van der Waals surface area (Å²) < 4.78 is 0. The Bertz CT molecular complexity index is 727. The van der Waals surface area contributed by atoms with Crippen LogP contribution in [0.4, 0.5) is 0 Å². The SMILES string of the molecule is C=C1C(=CC=C2CCCC3(C)C(C(C)CCCC(C)(C)O)CCC23C)CC(O)CC1O. The van der Waals surface area contributed by atoms with E-state index in [1.165, 1.54) is 32.1 Å². The number of hydrogen-bond acceptors (Lipinski definition) is 3. The molecule has 0 saturated heterocycles. The average molecular weight is 431 g/mol. The summed E-state index contributed by atoms with van der Waals surface area (Å²) in [5, 5.41) is 30.3. The van der Waals surface area contributed by atoms with E-state index < -0.39 is 17.8 Å². The Kier molecular flexibility index (Phi) is 7.30.